The van der Waals surface area contributed by atoms with Gasteiger partial charge < -0.3 is 19.9 Å². The lowest BCUT2D eigenvalue weighted by atomic mass is 9.89. The number of H-pyrrole nitrogens is 1. The molecular weight excluding hydrogens is 330 g/mol. The summed E-state index contributed by atoms with van der Waals surface area (Å²) in [5.74, 6) is 2.00. The predicted molar refractivity (Wildman–Crippen MR) is 98.0 cm³/mol. The average molecular weight is 355 g/mol. The summed E-state index contributed by atoms with van der Waals surface area (Å²) in [5.41, 5.74) is 3.29. The number of carbonyl (C=O) groups excluding carboxylic acids is 1. The third-order valence-corrected chi connectivity index (χ3v) is 5.16. The van der Waals surface area contributed by atoms with E-state index in [1.165, 1.54) is 0 Å². The molecule has 2 N–H and O–H groups in total. The summed E-state index contributed by atoms with van der Waals surface area (Å²) in [7, 11) is 0. The highest BCUT2D eigenvalue weighted by Crippen LogP contribution is 2.24. The van der Waals surface area contributed by atoms with Crippen molar-refractivity contribution >= 4 is 11.7 Å². The number of nitrogens with zero attached hydrogens (tertiary/aromatic N) is 3. The quantitative estimate of drug-likeness (QED) is 0.866. The minimum atomic E-state index is 0.00542. The molecule has 7 nitrogen and oxygen atoms in total. The summed E-state index contributed by atoms with van der Waals surface area (Å²) in [4.78, 5) is 27.2. The fraction of sp³-hybridized carbons (Fsp3) is 0.526. The van der Waals surface area contributed by atoms with Crippen LogP contribution in [-0.2, 0) is 28.9 Å². The van der Waals surface area contributed by atoms with Crippen LogP contribution in [0.4, 0.5) is 5.82 Å². The van der Waals surface area contributed by atoms with Crippen molar-refractivity contribution in [2.45, 2.75) is 32.7 Å². The Morgan fingerprint density at radius 1 is 1.42 bits per heavy atom. The highest BCUT2D eigenvalue weighted by molar-refractivity contribution is 5.79. The Kier molecular flexibility index (Phi) is 4.88. The fourth-order valence-corrected chi connectivity index (χ4v) is 3.80. The third-order valence-electron chi connectivity index (χ3n) is 5.16. The number of anilines is 1. The van der Waals surface area contributed by atoms with Crippen molar-refractivity contribution in [1.29, 1.82) is 0 Å². The maximum absolute atomic E-state index is 12.7. The first-order valence-electron chi connectivity index (χ1n) is 9.29. The Hall–Kier alpha value is -2.41. The minimum absolute atomic E-state index is 0.00542. The number of ether oxygens (including phenoxy) is 1. The Balaban J connectivity index is 1.39. The van der Waals surface area contributed by atoms with Gasteiger partial charge in [0.2, 0.25) is 5.91 Å². The number of aromatic amines is 1. The number of rotatable bonds is 4. The lowest BCUT2D eigenvalue weighted by molar-refractivity contribution is -0.125. The van der Waals surface area contributed by atoms with Crippen molar-refractivity contribution < 1.29 is 9.53 Å². The van der Waals surface area contributed by atoms with Crippen molar-refractivity contribution in [3.8, 4) is 0 Å². The number of pyridine rings is 1. The van der Waals surface area contributed by atoms with Gasteiger partial charge in [-0.25, -0.2) is 9.97 Å². The van der Waals surface area contributed by atoms with Gasteiger partial charge in [-0.15, -0.1) is 0 Å². The van der Waals surface area contributed by atoms with Gasteiger partial charge >= 0.3 is 0 Å². The number of carbonyl (C=O) groups is 1. The first-order chi connectivity index (χ1) is 12.7. The van der Waals surface area contributed by atoms with Gasteiger partial charge in [0.1, 0.15) is 11.6 Å². The highest BCUT2D eigenvalue weighted by Gasteiger charge is 2.27. The number of imidazole rings is 1. The van der Waals surface area contributed by atoms with E-state index in [1.807, 2.05) is 19.1 Å². The largest absolute Gasteiger partial charge is 0.378 e. The maximum Gasteiger partial charge on any atom is 0.223 e. The van der Waals surface area contributed by atoms with Crippen molar-refractivity contribution in [1.82, 2.24) is 20.3 Å². The Bertz CT molecular complexity index is 782. The number of nitrogens with one attached hydrogen (secondary N) is 2. The summed E-state index contributed by atoms with van der Waals surface area (Å²) in [5, 5.41) is 3.11. The van der Waals surface area contributed by atoms with Crippen LogP contribution in [0.5, 0.6) is 0 Å². The minimum Gasteiger partial charge on any atom is -0.378 e. The molecular formula is C19H25N5O2. The predicted octanol–water partition coefficient (Wildman–Crippen LogP) is 1.37. The lowest BCUT2D eigenvalue weighted by Gasteiger charge is -2.29. The molecule has 0 bridgehead atoms. The molecule has 2 aromatic rings. The van der Waals surface area contributed by atoms with Crippen LogP contribution >= 0.6 is 0 Å². The van der Waals surface area contributed by atoms with Gasteiger partial charge in [0.15, 0.2) is 0 Å². The molecule has 0 unspecified atom stereocenters. The van der Waals surface area contributed by atoms with Crippen LogP contribution in [0, 0.1) is 12.8 Å². The number of amides is 1. The SMILES string of the molecule is Cc1nc2c([nH]1)C[C@H](C(=O)NCc1cccnc1N1CCOCC1)CC2. The van der Waals surface area contributed by atoms with Crippen LogP contribution in [0.25, 0.3) is 0 Å². The Labute approximate surface area is 153 Å². The molecule has 0 spiro atoms. The van der Waals surface area contributed by atoms with Crippen molar-refractivity contribution in [3.63, 3.8) is 0 Å². The summed E-state index contributed by atoms with van der Waals surface area (Å²) in [6, 6.07) is 3.96. The van der Waals surface area contributed by atoms with Crippen LogP contribution < -0.4 is 10.2 Å². The molecule has 1 aliphatic heterocycles. The topological polar surface area (TPSA) is 83.1 Å². The highest BCUT2D eigenvalue weighted by atomic mass is 16.5. The van der Waals surface area contributed by atoms with Crippen molar-refractivity contribution in [2.75, 3.05) is 31.2 Å². The Morgan fingerprint density at radius 2 is 2.27 bits per heavy atom. The third kappa shape index (κ3) is 3.58. The monoisotopic (exact) mass is 355 g/mol. The average Bonchev–Trinajstić information content (AvgIpc) is 3.06. The van der Waals surface area contributed by atoms with Gasteiger partial charge in [-0.3, -0.25) is 4.79 Å². The van der Waals surface area contributed by atoms with Gasteiger partial charge in [0, 0.05) is 49.4 Å². The molecule has 1 saturated heterocycles. The molecule has 2 aliphatic rings. The second kappa shape index (κ2) is 7.45. The number of morpholine rings is 1. The van der Waals surface area contributed by atoms with E-state index in [0.29, 0.717) is 6.54 Å². The second-order valence-electron chi connectivity index (χ2n) is 6.99. The molecule has 3 heterocycles. The van der Waals surface area contributed by atoms with E-state index in [-0.39, 0.29) is 11.8 Å². The molecule has 0 aromatic carbocycles. The van der Waals surface area contributed by atoms with E-state index in [4.69, 9.17) is 4.74 Å². The standard InChI is InChI=1S/C19H25N5O2/c1-13-22-16-5-4-14(11-17(16)23-13)19(25)21-12-15-3-2-6-20-18(15)24-7-9-26-10-8-24/h2-3,6,14H,4-5,7-12H2,1H3,(H,21,25)(H,22,23)/t14-/m1/s1. The molecule has 26 heavy (non-hydrogen) atoms. The summed E-state index contributed by atoms with van der Waals surface area (Å²) in [6.07, 6.45) is 4.26. The number of aryl methyl sites for hydroxylation is 2. The smallest absolute Gasteiger partial charge is 0.223 e. The first-order valence-corrected chi connectivity index (χ1v) is 9.29. The molecule has 0 saturated carbocycles. The normalized spacial score (nSPS) is 19.9. The van der Waals surface area contributed by atoms with E-state index < -0.39 is 0 Å². The molecule has 1 amide bonds. The second-order valence-corrected chi connectivity index (χ2v) is 6.99. The number of hydrogen-bond acceptors (Lipinski definition) is 5. The van der Waals surface area contributed by atoms with Crippen LogP contribution in [0.3, 0.4) is 0 Å². The van der Waals surface area contributed by atoms with Gasteiger partial charge in [-0.1, -0.05) is 6.07 Å². The maximum atomic E-state index is 12.7. The van der Waals surface area contributed by atoms with Crippen LogP contribution in [-0.4, -0.2) is 47.2 Å². The molecule has 7 heteroatoms. The van der Waals surface area contributed by atoms with Crippen molar-refractivity contribution in [2.24, 2.45) is 5.92 Å². The fourth-order valence-electron chi connectivity index (χ4n) is 3.80. The molecule has 1 atom stereocenters. The number of fused-ring (bicyclic) bond motifs is 1. The van der Waals surface area contributed by atoms with Crippen LogP contribution in [0.15, 0.2) is 18.3 Å². The van der Waals surface area contributed by atoms with E-state index in [0.717, 1.165) is 74.2 Å². The van der Waals surface area contributed by atoms with E-state index in [9.17, 15) is 4.79 Å². The van der Waals surface area contributed by atoms with Gasteiger partial charge in [0.05, 0.1) is 18.9 Å². The zero-order chi connectivity index (χ0) is 17.9. The zero-order valence-corrected chi connectivity index (χ0v) is 15.1. The van der Waals surface area contributed by atoms with Crippen molar-refractivity contribution in [3.05, 3.63) is 41.1 Å². The van der Waals surface area contributed by atoms with Gasteiger partial charge in [-0.05, 0) is 25.8 Å². The summed E-state index contributed by atoms with van der Waals surface area (Å²) < 4.78 is 5.42. The number of hydrogen-bond donors (Lipinski definition) is 2. The van der Waals surface area contributed by atoms with E-state index >= 15 is 0 Å². The molecule has 2 aromatic heterocycles. The van der Waals surface area contributed by atoms with Gasteiger partial charge in [0.25, 0.3) is 0 Å². The molecule has 1 fully saturated rings. The molecule has 1 aliphatic carbocycles. The van der Waals surface area contributed by atoms with Crippen LogP contribution in [0.1, 0.15) is 29.2 Å². The first kappa shape index (κ1) is 17.0. The molecule has 0 radical (unpaired) electrons. The Morgan fingerprint density at radius 3 is 3.12 bits per heavy atom. The number of aromatic nitrogens is 3. The van der Waals surface area contributed by atoms with Gasteiger partial charge in [-0.2, -0.15) is 0 Å². The summed E-state index contributed by atoms with van der Waals surface area (Å²) >= 11 is 0. The van der Waals surface area contributed by atoms with Crippen LogP contribution in [0.2, 0.25) is 0 Å². The molecule has 138 valence electrons. The van der Waals surface area contributed by atoms with E-state index in [1.54, 1.807) is 6.20 Å². The van der Waals surface area contributed by atoms with E-state index in [2.05, 4.69) is 25.2 Å². The lowest BCUT2D eigenvalue weighted by Crippen LogP contribution is -2.38. The summed E-state index contributed by atoms with van der Waals surface area (Å²) in [6.45, 7) is 5.57. The zero-order valence-electron chi connectivity index (χ0n) is 15.1. The molecule has 4 rings (SSSR count).